The average molecular weight is 316 g/mol. The molecular formula is C17H21FN4O. The molecule has 2 aromatic rings. The Hall–Kier alpha value is -2.21. The maximum Gasteiger partial charge on any atom is 0.254 e. The Labute approximate surface area is 135 Å². The largest absolute Gasteiger partial charge is 0.336 e. The minimum Gasteiger partial charge on any atom is -0.336 e. The molecule has 1 aromatic carbocycles. The van der Waals surface area contributed by atoms with Gasteiger partial charge in [0.25, 0.3) is 5.91 Å². The number of aryl methyl sites for hydroxylation is 2. The maximum atomic E-state index is 14.5. The van der Waals surface area contributed by atoms with Gasteiger partial charge in [-0.1, -0.05) is 0 Å². The van der Waals surface area contributed by atoms with E-state index in [0.717, 1.165) is 17.9 Å². The summed E-state index contributed by atoms with van der Waals surface area (Å²) in [5, 5.41) is 7.58. The SMILES string of the molecule is Cc1cc(C)n(-c2ccc(C(=O)N3CCNC(C)C3)cc2F)n1. The van der Waals surface area contributed by atoms with Crippen LogP contribution in [0.15, 0.2) is 24.3 Å². The molecule has 6 heteroatoms. The Kier molecular flexibility index (Phi) is 4.17. The number of nitrogens with one attached hydrogen (secondary N) is 1. The molecule has 1 aliphatic heterocycles. The van der Waals surface area contributed by atoms with Crippen molar-refractivity contribution in [2.75, 3.05) is 19.6 Å². The molecule has 1 N–H and O–H groups in total. The predicted octanol–water partition coefficient (Wildman–Crippen LogP) is 2.06. The Balaban J connectivity index is 1.87. The van der Waals surface area contributed by atoms with Gasteiger partial charge in [0.05, 0.1) is 5.69 Å². The van der Waals surface area contributed by atoms with Crippen LogP contribution in [0.4, 0.5) is 4.39 Å². The van der Waals surface area contributed by atoms with Gasteiger partial charge in [-0.05, 0) is 45.0 Å². The number of amides is 1. The number of rotatable bonds is 2. The molecule has 1 amide bonds. The summed E-state index contributed by atoms with van der Waals surface area (Å²) >= 11 is 0. The first-order chi connectivity index (χ1) is 11.0. The van der Waals surface area contributed by atoms with E-state index in [4.69, 9.17) is 0 Å². The second-order valence-electron chi connectivity index (χ2n) is 6.11. The molecule has 0 aliphatic carbocycles. The van der Waals surface area contributed by atoms with Crippen LogP contribution in [-0.4, -0.2) is 46.3 Å². The minimum absolute atomic E-state index is 0.128. The van der Waals surface area contributed by atoms with E-state index in [0.29, 0.717) is 24.3 Å². The van der Waals surface area contributed by atoms with Gasteiger partial charge in [0, 0.05) is 36.9 Å². The van der Waals surface area contributed by atoms with Crippen LogP contribution >= 0.6 is 0 Å². The lowest BCUT2D eigenvalue weighted by Crippen LogP contribution is -2.51. The molecule has 1 atom stereocenters. The first-order valence-electron chi connectivity index (χ1n) is 7.81. The fourth-order valence-corrected chi connectivity index (χ4v) is 2.98. The van der Waals surface area contributed by atoms with E-state index in [1.54, 1.807) is 21.7 Å². The molecule has 0 radical (unpaired) electrons. The Bertz CT molecular complexity index is 740. The van der Waals surface area contributed by atoms with Gasteiger partial charge in [0.2, 0.25) is 0 Å². The highest BCUT2D eigenvalue weighted by molar-refractivity contribution is 5.94. The second-order valence-corrected chi connectivity index (χ2v) is 6.11. The van der Waals surface area contributed by atoms with Gasteiger partial charge in [0.1, 0.15) is 11.5 Å². The summed E-state index contributed by atoms with van der Waals surface area (Å²) in [7, 11) is 0. The van der Waals surface area contributed by atoms with Crippen LogP contribution in [-0.2, 0) is 0 Å². The van der Waals surface area contributed by atoms with Crippen molar-refractivity contribution in [3.8, 4) is 5.69 Å². The van der Waals surface area contributed by atoms with Crippen molar-refractivity contribution in [2.24, 2.45) is 0 Å². The summed E-state index contributed by atoms with van der Waals surface area (Å²) in [5.74, 6) is -0.567. The van der Waals surface area contributed by atoms with Gasteiger partial charge < -0.3 is 10.2 Å². The Morgan fingerprint density at radius 2 is 2.13 bits per heavy atom. The third kappa shape index (κ3) is 3.12. The average Bonchev–Trinajstić information content (AvgIpc) is 2.85. The van der Waals surface area contributed by atoms with E-state index < -0.39 is 5.82 Å². The lowest BCUT2D eigenvalue weighted by atomic mass is 10.1. The van der Waals surface area contributed by atoms with Crippen molar-refractivity contribution < 1.29 is 9.18 Å². The van der Waals surface area contributed by atoms with Crippen molar-refractivity contribution >= 4 is 5.91 Å². The fraction of sp³-hybridized carbons (Fsp3) is 0.412. The number of hydrogen-bond donors (Lipinski definition) is 1. The molecule has 23 heavy (non-hydrogen) atoms. The summed E-state index contributed by atoms with van der Waals surface area (Å²) in [5.41, 5.74) is 2.43. The number of hydrogen-bond acceptors (Lipinski definition) is 3. The van der Waals surface area contributed by atoms with Gasteiger partial charge in [-0.3, -0.25) is 4.79 Å². The van der Waals surface area contributed by atoms with Crippen LogP contribution < -0.4 is 5.32 Å². The van der Waals surface area contributed by atoms with Crippen molar-refractivity contribution in [3.05, 3.63) is 47.0 Å². The third-order valence-corrected chi connectivity index (χ3v) is 4.09. The van der Waals surface area contributed by atoms with Crippen molar-refractivity contribution in [3.63, 3.8) is 0 Å². The molecular weight excluding hydrogens is 295 g/mol. The van der Waals surface area contributed by atoms with Gasteiger partial charge in [-0.2, -0.15) is 5.10 Å². The van der Waals surface area contributed by atoms with Crippen molar-refractivity contribution in [1.29, 1.82) is 0 Å². The Morgan fingerprint density at radius 1 is 1.35 bits per heavy atom. The quantitative estimate of drug-likeness (QED) is 0.923. The number of benzene rings is 1. The lowest BCUT2D eigenvalue weighted by Gasteiger charge is -2.32. The zero-order valence-corrected chi connectivity index (χ0v) is 13.6. The second kappa shape index (κ2) is 6.12. The number of carbonyl (C=O) groups excluding carboxylic acids is 1. The van der Waals surface area contributed by atoms with Gasteiger partial charge in [-0.25, -0.2) is 9.07 Å². The standard InChI is InChI=1S/C17H21FN4O/c1-11-8-13(3)22(20-11)16-5-4-14(9-15(16)18)17(23)21-7-6-19-12(2)10-21/h4-5,8-9,12,19H,6-7,10H2,1-3H3. The van der Waals surface area contributed by atoms with Crippen LogP contribution in [0.25, 0.3) is 5.69 Å². The molecule has 122 valence electrons. The molecule has 1 unspecified atom stereocenters. The molecule has 1 aliphatic rings. The summed E-state index contributed by atoms with van der Waals surface area (Å²) in [6, 6.07) is 6.74. The van der Waals surface area contributed by atoms with E-state index >= 15 is 0 Å². The van der Waals surface area contributed by atoms with Gasteiger partial charge in [0.15, 0.2) is 0 Å². The van der Waals surface area contributed by atoms with Crippen LogP contribution in [0, 0.1) is 19.7 Å². The van der Waals surface area contributed by atoms with Crippen LogP contribution in [0.5, 0.6) is 0 Å². The molecule has 0 spiro atoms. The summed E-state index contributed by atoms with van der Waals surface area (Å²) < 4.78 is 16.0. The maximum absolute atomic E-state index is 14.5. The van der Waals surface area contributed by atoms with Gasteiger partial charge in [-0.15, -0.1) is 0 Å². The first-order valence-corrected chi connectivity index (χ1v) is 7.81. The number of carbonyl (C=O) groups is 1. The van der Waals surface area contributed by atoms with E-state index in [-0.39, 0.29) is 11.9 Å². The van der Waals surface area contributed by atoms with Crippen molar-refractivity contribution in [1.82, 2.24) is 20.0 Å². The molecule has 0 saturated carbocycles. The highest BCUT2D eigenvalue weighted by Gasteiger charge is 2.22. The normalized spacial score (nSPS) is 18.3. The van der Waals surface area contributed by atoms with Crippen LogP contribution in [0.1, 0.15) is 28.7 Å². The third-order valence-electron chi connectivity index (χ3n) is 4.09. The van der Waals surface area contributed by atoms with Gasteiger partial charge >= 0.3 is 0 Å². The number of halogens is 1. The molecule has 5 nitrogen and oxygen atoms in total. The zero-order chi connectivity index (χ0) is 16.6. The van der Waals surface area contributed by atoms with Crippen LogP contribution in [0.2, 0.25) is 0 Å². The Morgan fingerprint density at radius 3 is 2.74 bits per heavy atom. The molecule has 1 saturated heterocycles. The smallest absolute Gasteiger partial charge is 0.254 e. The van der Waals surface area contributed by atoms with E-state index in [1.165, 1.54) is 6.07 Å². The highest BCUT2D eigenvalue weighted by atomic mass is 19.1. The van der Waals surface area contributed by atoms with E-state index in [1.807, 2.05) is 26.8 Å². The van der Waals surface area contributed by atoms with E-state index in [2.05, 4.69) is 10.4 Å². The fourth-order valence-electron chi connectivity index (χ4n) is 2.98. The first kappa shape index (κ1) is 15.7. The minimum atomic E-state index is -0.440. The summed E-state index contributed by atoms with van der Waals surface area (Å²) in [4.78, 5) is 14.3. The molecule has 3 rings (SSSR count). The number of nitrogens with zero attached hydrogens (tertiary/aromatic N) is 3. The van der Waals surface area contributed by atoms with Crippen molar-refractivity contribution in [2.45, 2.75) is 26.8 Å². The number of piperazine rings is 1. The molecule has 1 aromatic heterocycles. The topological polar surface area (TPSA) is 50.2 Å². The molecule has 2 heterocycles. The summed E-state index contributed by atoms with van der Waals surface area (Å²) in [6.45, 7) is 7.82. The molecule has 0 bridgehead atoms. The monoisotopic (exact) mass is 316 g/mol. The predicted molar refractivity (Wildman–Crippen MR) is 86.4 cm³/mol. The highest BCUT2D eigenvalue weighted by Crippen LogP contribution is 2.19. The number of aromatic nitrogens is 2. The zero-order valence-electron chi connectivity index (χ0n) is 13.6. The van der Waals surface area contributed by atoms with Crippen LogP contribution in [0.3, 0.4) is 0 Å². The molecule has 1 fully saturated rings. The lowest BCUT2D eigenvalue weighted by molar-refractivity contribution is 0.0708. The van der Waals surface area contributed by atoms with E-state index in [9.17, 15) is 9.18 Å². The summed E-state index contributed by atoms with van der Waals surface area (Å²) in [6.07, 6.45) is 0.